The molecule has 4 atom stereocenters. The maximum absolute atomic E-state index is 12.3. The van der Waals surface area contributed by atoms with Crippen LogP contribution in [0, 0.1) is 0 Å². The van der Waals surface area contributed by atoms with Crippen molar-refractivity contribution in [2.24, 2.45) is 0 Å². The van der Waals surface area contributed by atoms with Gasteiger partial charge in [-0.1, -0.05) is 18.2 Å². The number of imidazole rings is 2. The maximum Gasteiger partial charge on any atom is 0.362 e. The molecule has 5 aromatic rings. The average Bonchev–Trinajstić information content (AvgIpc) is 3.67. The number of rotatable bonds is 8. The minimum atomic E-state index is -4.49. The SMILES string of the molecule is O=C(CCc1c[nH]c2ccccc12)NS(=O)(=O)OC[C@H]1O[C@@H](n2cnc3c2ncn2ccnc32)[C@@H](O)C1O. The molecule has 0 spiro atoms. The zero-order valence-electron chi connectivity index (χ0n) is 19.7. The lowest BCUT2D eigenvalue weighted by Crippen LogP contribution is -2.37. The first kappa shape index (κ1) is 24.4. The number of aromatic nitrogens is 6. The summed E-state index contributed by atoms with van der Waals surface area (Å²) < 4.78 is 40.3. The summed E-state index contributed by atoms with van der Waals surface area (Å²) in [5.41, 5.74) is 3.17. The molecular formula is C23H23N7O7S. The van der Waals surface area contributed by atoms with Gasteiger partial charge in [0, 0.05) is 35.9 Å². The number of para-hydroxylation sites is 1. The van der Waals surface area contributed by atoms with Gasteiger partial charge in [-0.15, -0.1) is 0 Å². The van der Waals surface area contributed by atoms with E-state index in [0.29, 0.717) is 23.2 Å². The molecule has 1 aromatic carbocycles. The van der Waals surface area contributed by atoms with Crippen LogP contribution in [0.5, 0.6) is 0 Å². The molecule has 5 heterocycles. The van der Waals surface area contributed by atoms with E-state index in [1.165, 1.54) is 17.2 Å². The molecule has 0 aliphatic carbocycles. The molecule has 1 aliphatic heterocycles. The van der Waals surface area contributed by atoms with E-state index in [1.807, 2.05) is 29.0 Å². The van der Waals surface area contributed by atoms with Gasteiger partial charge >= 0.3 is 10.3 Å². The molecule has 0 bridgehead atoms. The van der Waals surface area contributed by atoms with E-state index in [-0.39, 0.29) is 6.42 Å². The van der Waals surface area contributed by atoms with Gasteiger partial charge in [-0.3, -0.25) is 17.9 Å². The highest BCUT2D eigenvalue weighted by Crippen LogP contribution is 2.32. The van der Waals surface area contributed by atoms with Crippen LogP contribution < -0.4 is 4.72 Å². The second kappa shape index (κ2) is 9.45. The van der Waals surface area contributed by atoms with Crippen molar-refractivity contribution in [2.75, 3.05) is 6.61 Å². The number of benzene rings is 1. The Morgan fingerprint density at radius 1 is 1.13 bits per heavy atom. The minimum absolute atomic E-state index is 0.0850. The second-order valence-electron chi connectivity index (χ2n) is 8.90. The van der Waals surface area contributed by atoms with E-state index in [4.69, 9.17) is 8.92 Å². The van der Waals surface area contributed by atoms with E-state index in [1.54, 1.807) is 23.0 Å². The number of hydrogen-bond acceptors (Lipinski definition) is 10. The van der Waals surface area contributed by atoms with Gasteiger partial charge in [0.05, 0.1) is 12.9 Å². The van der Waals surface area contributed by atoms with Crippen LogP contribution >= 0.6 is 0 Å². The van der Waals surface area contributed by atoms with E-state index >= 15 is 0 Å². The Bertz CT molecular complexity index is 1740. The minimum Gasteiger partial charge on any atom is -0.387 e. The third-order valence-corrected chi connectivity index (χ3v) is 7.41. The fourth-order valence-corrected chi connectivity index (χ4v) is 5.35. The number of H-pyrrole nitrogens is 1. The van der Waals surface area contributed by atoms with Crippen LogP contribution in [0.3, 0.4) is 0 Å². The fraction of sp³-hybridized carbons (Fsp3) is 0.304. The Morgan fingerprint density at radius 3 is 2.84 bits per heavy atom. The Labute approximate surface area is 215 Å². The van der Waals surface area contributed by atoms with Crippen molar-refractivity contribution in [3.63, 3.8) is 0 Å². The normalized spacial score (nSPS) is 22.1. The maximum atomic E-state index is 12.3. The van der Waals surface area contributed by atoms with Crippen molar-refractivity contribution in [1.29, 1.82) is 0 Å². The summed E-state index contributed by atoms with van der Waals surface area (Å²) in [5.74, 6) is -0.748. The number of nitrogens with zero attached hydrogens (tertiary/aromatic N) is 5. The molecule has 1 amide bonds. The Kier molecular flexibility index (Phi) is 6.08. The summed E-state index contributed by atoms with van der Waals surface area (Å²) in [4.78, 5) is 28.2. The van der Waals surface area contributed by atoms with Crippen molar-refractivity contribution in [1.82, 2.24) is 33.6 Å². The number of carbonyl (C=O) groups excluding carboxylic acids is 1. The van der Waals surface area contributed by atoms with Gasteiger partial charge < -0.3 is 19.9 Å². The Hall–Kier alpha value is -3.89. The monoisotopic (exact) mass is 541 g/mol. The van der Waals surface area contributed by atoms with E-state index < -0.39 is 47.4 Å². The first-order valence-corrected chi connectivity index (χ1v) is 13.1. The van der Waals surface area contributed by atoms with Crippen molar-refractivity contribution < 1.29 is 32.3 Å². The predicted molar refractivity (Wildman–Crippen MR) is 132 cm³/mol. The van der Waals surface area contributed by atoms with Gasteiger partial charge in [0.2, 0.25) is 5.91 Å². The summed E-state index contributed by atoms with van der Waals surface area (Å²) >= 11 is 0. The van der Waals surface area contributed by atoms with Crippen LogP contribution in [-0.4, -0.2) is 78.4 Å². The molecule has 1 saturated heterocycles. The van der Waals surface area contributed by atoms with E-state index in [2.05, 4.69) is 19.9 Å². The first-order chi connectivity index (χ1) is 18.3. The number of aromatic amines is 1. The van der Waals surface area contributed by atoms with Gasteiger partial charge in [-0.05, 0) is 18.1 Å². The summed E-state index contributed by atoms with van der Waals surface area (Å²) in [6.07, 6.45) is 3.01. The van der Waals surface area contributed by atoms with Crippen molar-refractivity contribution in [3.05, 3.63) is 61.1 Å². The molecule has 15 heteroatoms. The number of aliphatic hydroxyl groups excluding tert-OH is 2. The quantitative estimate of drug-likeness (QED) is 0.211. The third-order valence-electron chi connectivity index (χ3n) is 6.49. The van der Waals surface area contributed by atoms with Gasteiger partial charge in [0.25, 0.3) is 0 Å². The highest BCUT2D eigenvalue weighted by atomic mass is 32.2. The zero-order valence-corrected chi connectivity index (χ0v) is 20.5. The molecule has 4 N–H and O–H groups in total. The number of nitrogens with one attached hydrogen (secondary N) is 2. The molecule has 4 aromatic heterocycles. The standard InChI is InChI=1S/C23H23N7O7S/c31-17(6-5-13-9-25-15-4-2-1-3-14(13)15)28-38(34,35)36-10-16-19(32)20(33)23(37-16)30-12-26-18-21-24-7-8-29(21)11-27-22(18)30/h1-4,7-9,11-12,16,19-20,23,25,32-33H,5-6,10H2,(H,28,31)/t16-,19?,20+,23-/m1/s1. The van der Waals surface area contributed by atoms with Crippen molar-refractivity contribution in [2.45, 2.75) is 37.4 Å². The van der Waals surface area contributed by atoms with Crippen LogP contribution in [0.25, 0.3) is 27.7 Å². The van der Waals surface area contributed by atoms with Crippen LogP contribution in [0.1, 0.15) is 18.2 Å². The molecule has 198 valence electrons. The van der Waals surface area contributed by atoms with Gasteiger partial charge in [-0.2, -0.15) is 8.42 Å². The number of amides is 1. The smallest absolute Gasteiger partial charge is 0.362 e. The summed E-state index contributed by atoms with van der Waals surface area (Å²) in [7, 11) is -4.49. The number of fused-ring (bicyclic) bond motifs is 4. The average molecular weight is 542 g/mol. The highest BCUT2D eigenvalue weighted by Gasteiger charge is 2.45. The summed E-state index contributed by atoms with van der Waals surface area (Å²) in [6.45, 7) is -0.635. The van der Waals surface area contributed by atoms with Gasteiger partial charge in [0.1, 0.15) is 24.6 Å². The Morgan fingerprint density at radius 2 is 1.97 bits per heavy atom. The topological polar surface area (TPSA) is 186 Å². The molecule has 6 rings (SSSR count). The molecular weight excluding hydrogens is 518 g/mol. The van der Waals surface area contributed by atoms with Gasteiger partial charge in [0.15, 0.2) is 23.0 Å². The number of aryl methyl sites for hydroxylation is 1. The molecule has 1 aliphatic rings. The lowest BCUT2D eigenvalue weighted by molar-refractivity contribution is -0.119. The lowest BCUT2D eigenvalue weighted by Gasteiger charge is -2.16. The second-order valence-corrected chi connectivity index (χ2v) is 10.2. The van der Waals surface area contributed by atoms with Crippen LogP contribution in [0.2, 0.25) is 0 Å². The van der Waals surface area contributed by atoms with Crippen LogP contribution in [0.4, 0.5) is 0 Å². The number of aliphatic hydroxyl groups is 2. The third kappa shape index (κ3) is 4.39. The highest BCUT2D eigenvalue weighted by molar-refractivity contribution is 7.85. The van der Waals surface area contributed by atoms with Gasteiger partial charge in [-0.25, -0.2) is 19.7 Å². The van der Waals surface area contributed by atoms with Crippen molar-refractivity contribution in [3.8, 4) is 0 Å². The molecule has 0 saturated carbocycles. The first-order valence-electron chi connectivity index (χ1n) is 11.7. The fourth-order valence-electron chi connectivity index (χ4n) is 4.59. The van der Waals surface area contributed by atoms with Crippen LogP contribution in [-0.2, 0) is 30.4 Å². The van der Waals surface area contributed by atoms with Crippen LogP contribution in [0.15, 0.2) is 55.5 Å². The number of hydrogen-bond donors (Lipinski definition) is 4. The summed E-state index contributed by atoms with van der Waals surface area (Å²) in [5, 5.41) is 22.0. The summed E-state index contributed by atoms with van der Waals surface area (Å²) in [6, 6.07) is 7.58. The lowest BCUT2D eigenvalue weighted by atomic mass is 10.1. The number of carbonyl (C=O) groups is 1. The predicted octanol–water partition coefficient (Wildman–Crippen LogP) is 0.190. The largest absolute Gasteiger partial charge is 0.387 e. The molecule has 14 nitrogen and oxygen atoms in total. The zero-order chi connectivity index (χ0) is 26.4. The molecule has 1 unspecified atom stereocenters. The molecule has 38 heavy (non-hydrogen) atoms. The number of ether oxygens (including phenoxy) is 1. The van der Waals surface area contributed by atoms with E-state index in [9.17, 15) is 23.4 Å². The molecule has 0 radical (unpaired) electrons. The van der Waals surface area contributed by atoms with Crippen molar-refractivity contribution >= 4 is 43.9 Å². The Balaban J connectivity index is 1.07. The molecule has 1 fully saturated rings. The van der Waals surface area contributed by atoms with E-state index in [0.717, 1.165) is 16.5 Å².